The van der Waals surface area contributed by atoms with Gasteiger partial charge in [-0.15, -0.1) is 0 Å². The Morgan fingerprint density at radius 2 is 0.548 bits per heavy atom. The van der Waals surface area contributed by atoms with Crippen molar-refractivity contribution in [2.75, 3.05) is 0 Å². The zero-order valence-electron chi connectivity index (χ0n) is 33.2. The minimum atomic E-state index is 0.468. The number of aromatic nitrogens is 4. The molecule has 0 saturated heterocycles. The van der Waals surface area contributed by atoms with Crippen molar-refractivity contribution in [3.05, 3.63) is 205 Å². The van der Waals surface area contributed by atoms with Gasteiger partial charge in [0.25, 0.3) is 0 Å². The molecule has 9 aromatic carbocycles. The first kappa shape index (κ1) is 34.1. The molecule has 6 heteroatoms. The van der Waals surface area contributed by atoms with Crippen LogP contribution in [-0.4, -0.2) is 18.3 Å². The lowest BCUT2D eigenvalue weighted by Gasteiger charge is -2.16. The van der Waals surface area contributed by atoms with Crippen molar-refractivity contribution in [3.8, 4) is 34.9 Å². The number of fused-ring (bicyclic) bond motifs is 12. The van der Waals surface area contributed by atoms with Gasteiger partial charge in [0.2, 0.25) is 0 Å². The molecule has 13 rings (SSSR count). The highest BCUT2D eigenvalue weighted by molar-refractivity contribution is 6.21. The molecule has 62 heavy (non-hydrogen) atoms. The van der Waals surface area contributed by atoms with Gasteiger partial charge in [0, 0.05) is 54.5 Å². The van der Waals surface area contributed by atoms with E-state index in [1.807, 2.05) is 36.4 Å². The Kier molecular flexibility index (Phi) is 7.05. The third kappa shape index (κ3) is 4.61. The highest BCUT2D eigenvalue weighted by atomic mass is 15.0. The molecule has 4 heterocycles. The summed E-state index contributed by atoms with van der Waals surface area (Å²) in [5.74, 6) is 0. The number of rotatable bonds is 4. The molecule has 0 atom stereocenters. The first-order chi connectivity index (χ1) is 30.7. The number of benzene rings is 9. The highest BCUT2D eigenvalue weighted by Crippen LogP contribution is 2.43. The molecule has 0 aliphatic rings. The van der Waals surface area contributed by atoms with Crippen LogP contribution >= 0.6 is 0 Å². The zero-order valence-corrected chi connectivity index (χ0v) is 33.2. The van der Waals surface area contributed by atoms with E-state index in [1.54, 1.807) is 0 Å². The Balaban J connectivity index is 1.11. The number of nitrogens with zero attached hydrogens (tertiary/aromatic N) is 6. The number of para-hydroxylation sites is 6. The van der Waals surface area contributed by atoms with Crippen LogP contribution in [0, 0.1) is 22.7 Å². The molecule has 13 aromatic rings. The largest absolute Gasteiger partial charge is 0.309 e. The van der Waals surface area contributed by atoms with Gasteiger partial charge in [0.05, 0.1) is 66.6 Å². The van der Waals surface area contributed by atoms with Gasteiger partial charge in [0.15, 0.2) is 0 Å². The maximum absolute atomic E-state index is 11.2. The average Bonchev–Trinajstić information content (AvgIpc) is 4.04. The van der Waals surface area contributed by atoms with Crippen molar-refractivity contribution in [1.82, 2.24) is 18.3 Å². The molecule has 0 fully saturated rings. The van der Waals surface area contributed by atoms with Crippen LogP contribution < -0.4 is 0 Å². The van der Waals surface area contributed by atoms with Gasteiger partial charge in [-0.05, 0) is 84.9 Å². The van der Waals surface area contributed by atoms with Crippen molar-refractivity contribution in [2.45, 2.75) is 0 Å². The fourth-order valence-electron chi connectivity index (χ4n) is 10.2. The average molecular weight is 789 g/mol. The predicted molar refractivity (Wildman–Crippen MR) is 253 cm³/mol. The summed E-state index contributed by atoms with van der Waals surface area (Å²) < 4.78 is 8.98. The topological polar surface area (TPSA) is 67.3 Å². The van der Waals surface area contributed by atoms with Crippen molar-refractivity contribution in [1.29, 1.82) is 10.5 Å². The number of nitriles is 2. The Labute approximate surface area is 354 Å². The van der Waals surface area contributed by atoms with E-state index in [0.717, 1.165) is 87.8 Å². The van der Waals surface area contributed by atoms with Crippen LogP contribution in [0.4, 0.5) is 0 Å². The van der Waals surface area contributed by atoms with Crippen molar-refractivity contribution in [2.24, 2.45) is 0 Å². The minimum absolute atomic E-state index is 0.468. The molecular weight excluding hydrogens is 757 g/mol. The van der Waals surface area contributed by atoms with E-state index in [4.69, 9.17) is 0 Å². The van der Waals surface area contributed by atoms with E-state index in [9.17, 15) is 10.5 Å². The first-order valence-corrected chi connectivity index (χ1v) is 20.7. The Morgan fingerprint density at radius 1 is 0.258 bits per heavy atom. The van der Waals surface area contributed by atoms with E-state index < -0.39 is 0 Å². The van der Waals surface area contributed by atoms with Crippen LogP contribution in [-0.2, 0) is 0 Å². The van der Waals surface area contributed by atoms with Gasteiger partial charge in [-0.25, -0.2) is 0 Å². The quantitative estimate of drug-likeness (QED) is 0.178. The minimum Gasteiger partial charge on any atom is -0.309 e. The van der Waals surface area contributed by atoms with Gasteiger partial charge < -0.3 is 18.3 Å². The molecule has 0 radical (unpaired) electrons. The molecule has 286 valence electrons. The summed E-state index contributed by atoms with van der Waals surface area (Å²) in [4.78, 5) is 0. The third-order valence-electron chi connectivity index (χ3n) is 12.8. The molecule has 0 unspecified atom stereocenters. The van der Waals surface area contributed by atoms with Gasteiger partial charge in [-0.1, -0.05) is 109 Å². The summed E-state index contributed by atoms with van der Waals surface area (Å²) >= 11 is 0. The fourth-order valence-corrected chi connectivity index (χ4v) is 10.2. The second-order valence-electron chi connectivity index (χ2n) is 16.0. The van der Waals surface area contributed by atoms with Crippen LogP contribution in [0.2, 0.25) is 0 Å². The van der Waals surface area contributed by atoms with E-state index >= 15 is 0 Å². The summed E-state index contributed by atoms with van der Waals surface area (Å²) in [5.41, 5.74) is 12.6. The summed E-state index contributed by atoms with van der Waals surface area (Å²) in [6.07, 6.45) is 0. The number of hydrogen-bond acceptors (Lipinski definition) is 2. The lowest BCUT2D eigenvalue weighted by molar-refractivity contribution is 1.12. The van der Waals surface area contributed by atoms with Crippen molar-refractivity contribution in [3.63, 3.8) is 0 Å². The van der Waals surface area contributed by atoms with E-state index in [0.29, 0.717) is 22.5 Å². The monoisotopic (exact) mass is 788 g/mol. The summed E-state index contributed by atoms with van der Waals surface area (Å²) in [6, 6.07) is 72.8. The molecule has 0 saturated carbocycles. The molecule has 0 aliphatic carbocycles. The molecule has 4 aromatic heterocycles. The zero-order chi connectivity index (χ0) is 41.1. The normalized spacial score (nSPS) is 11.8. The van der Waals surface area contributed by atoms with Crippen LogP contribution in [0.15, 0.2) is 194 Å². The lowest BCUT2D eigenvalue weighted by atomic mass is 10.1. The maximum Gasteiger partial charge on any atom is 0.101 e. The summed E-state index contributed by atoms with van der Waals surface area (Å²) in [7, 11) is 0. The van der Waals surface area contributed by atoms with E-state index in [2.05, 4.69) is 188 Å². The Hall–Kier alpha value is -8.84. The van der Waals surface area contributed by atoms with Gasteiger partial charge in [0.1, 0.15) is 12.1 Å². The molecule has 6 nitrogen and oxygen atoms in total. The van der Waals surface area contributed by atoms with E-state index in [-0.39, 0.29) is 0 Å². The van der Waals surface area contributed by atoms with Crippen LogP contribution in [0.3, 0.4) is 0 Å². The summed E-state index contributed by atoms with van der Waals surface area (Å²) in [6.45, 7) is 0. The molecular formula is C56H32N6. The fraction of sp³-hybridized carbons (Fsp3) is 0. The predicted octanol–water partition coefficient (Wildman–Crippen LogP) is 13.8. The van der Waals surface area contributed by atoms with Crippen molar-refractivity contribution < 1.29 is 0 Å². The van der Waals surface area contributed by atoms with Crippen LogP contribution in [0.1, 0.15) is 11.1 Å². The Bertz CT molecular complexity index is 3840. The lowest BCUT2D eigenvalue weighted by Crippen LogP contribution is -2.04. The first-order valence-electron chi connectivity index (χ1n) is 20.7. The second-order valence-corrected chi connectivity index (χ2v) is 16.0. The van der Waals surface area contributed by atoms with Gasteiger partial charge >= 0.3 is 0 Å². The Morgan fingerprint density at radius 3 is 0.887 bits per heavy atom. The summed E-state index contributed by atoms with van der Waals surface area (Å²) in [5, 5.41) is 31.3. The number of hydrogen-bond donors (Lipinski definition) is 0. The standard InChI is InChI=1S/C56H32N6/c57-33-35-28-52(62-50-26-14-10-22-42(50)46-30-44-40-20-8-12-24-48(40)60(54(44)32-56(46)62)38-17-5-2-6-18-38)36(34-58)27-51(35)61-49-25-13-9-21-41(49)45-29-43-39-19-7-11-23-47(39)59(53(43)31-55(45)61)37-15-3-1-4-16-37/h1-32H. The molecule has 0 spiro atoms. The smallest absolute Gasteiger partial charge is 0.101 e. The second kappa shape index (κ2) is 12.8. The highest BCUT2D eigenvalue weighted by Gasteiger charge is 2.24. The third-order valence-corrected chi connectivity index (χ3v) is 12.8. The van der Waals surface area contributed by atoms with Crippen molar-refractivity contribution >= 4 is 87.2 Å². The maximum atomic E-state index is 11.2. The molecule has 0 amide bonds. The van der Waals surface area contributed by atoms with Crippen LogP contribution in [0.25, 0.3) is 110 Å². The molecule has 0 N–H and O–H groups in total. The van der Waals surface area contributed by atoms with Crippen LogP contribution in [0.5, 0.6) is 0 Å². The SMILES string of the molecule is N#Cc1cc(-n2c3ccccc3c3cc4c5ccccc5n(-c5ccccc5)c4cc32)c(C#N)cc1-n1c2ccccc2c2cc3c4ccccc4n(-c4ccccc4)c3cc21. The molecule has 0 bridgehead atoms. The van der Waals surface area contributed by atoms with Gasteiger partial charge in [-0.2, -0.15) is 10.5 Å². The molecule has 0 aliphatic heterocycles. The van der Waals surface area contributed by atoms with E-state index in [1.165, 1.54) is 10.8 Å². The van der Waals surface area contributed by atoms with Gasteiger partial charge in [-0.3, -0.25) is 0 Å².